The third-order valence-corrected chi connectivity index (χ3v) is 5.19. The van der Waals surface area contributed by atoms with E-state index in [1.165, 1.54) is 5.01 Å². The van der Waals surface area contributed by atoms with Gasteiger partial charge in [-0.05, 0) is 18.2 Å². The van der Waals surface area contributed by atoms with Gasteiger partial charge in [0.1, 0.15) is 12.2 Å². The molecule has 2 aromatic heterocycles. The van der Waals surface area contributed by atoms with Crippen LogP contribution in [0, 0.1) is 5.41 Å². The molecule has 0 fully saturated rings. The molecule has 0 radical (unpaired) electrons. The van der Waals surface area contributed by atoms with Crippen LogP contribution >= 0.6 is 0 Å². The summed E-state index contributed by atoms with van der Waals surface area (Å²) >= 11 is 0. The average molecular weight is 406 g/mol. The van der Waals surface area contributed by atoms with Gasteiger partial charge in [-0.1, -0.05) is 39.0 Å². The van der Waals surface area contributed by atoms with Gasteiger partial charge in [-0.2, -0.15) is 10.2 Å². The number of aromatic nitrogens is 3. The standard InChI is InChI=1S/C22H26N6O2/c1-22(2,3)19-14-27-17-8-5-4-7-16(17)13-18(27)21(30)28(25-19)15-20(29)23-10-12-26-11-6-9-24-26/h4-9,11,13H,10,12,14-15H2,1-3H3,(H,23,29). The van der Waals surface area contributed by atoms with Crippen molar-refractivity contribution >= 4 is 28.4 Å². The van der Waals surface area contributed by atoms with E-state index in [2.05, 4.69) is 36.3 Å². The topological polar surface area (TPSA) is 84.5 Å². The lowest BCUT2D eigenvalue weighted by molar-refractivity contribution is -0.121. The van der Waals surface area contributed by atoms with E-state index in [1.54, 1.807) is 10.9 Å². The van der Waals surface area contributed by atoms with E-state index >= 15 is 0 Å². The Labute approximate surface area is 175 Å². The first kappa shape index (κ1) is 19.9. The molecular weight excluding hydrogens is 380 g/mol. The highest BCUT2D eigenvalue weighted by molar-refractivity contribution is 6.03. The SMILES string of the molecule is CC(C)(C)C1=NN(CC(=O)NCCn2cccn2)C(=O)c2cc3ccccc3n2C1. The molecule has 2 amide bonds. The van der Waals surface area contributed by atoms with Gasteiger partial charge in [0.15, 0.2) is 0 Å². The monoisotopic (exact) mass is 406 g/mol. The molecule has 3 heterocycles. The number of carbonyl (C=O) groups is 2. The minimum atomic E-state index is -0.271. The Morgan fingerprint density at radius 2 is 2.00 bits per heavy atom. The Kier molecular flexibility index (Phi) is 5.15. The summed E-state index contributed by atoms with van der Waals surface area (Å²) in [5.74, 6) is -0.523. The van der Waals surface area contributed by atoms with E-state index in [-0.39, 0.29) is 23.8 Å². The lowest BCUT2D eigenvalue weighted by Gasteiger charge is -2.23. The van der Waals surface area contributed by atoms with Gasteiger partial charge in [-0.15, -0.1) is 0 Å². The zero-order valence-corrected chi connectivity index (χ0v) is 17.5. The van der Waals surface area contributed by atoms with Crippen molar-refractivity contribution in [3.8, 4) is 0 Å². The summed E-state index contributed by atoms with van der Waals surface area (Å²) in [5.41, 5.74) is 2.13. The van der Waals surface area contributed by atoms with Crippen LogP contribution in [-0.2, 0) is 17.9 Å². The Hall–Kier alpha value is -3.42. The maximum Gasteiger partial charge on any atom is 0.291 e. The van der Waals surface area contributed by atoms with Crippen molar-refractivity contribution in [1.29, 1.82) is 0 Å². The molecule has 1 N–H and O–H groups in total. The molecule has 8 nitrogen and oxygen atoms in total. The molecular formula is C22H26N6O2. The van der Waals surface area contributed by atoms with Gasteiger partial charge in [0.2, 0.25) is 5.91 Å². The number of carbonyl (C=O) groups excluding carboxylic acids is 2. The average Bonchev–Trinajstić information content (AvgIpc) is 3.30. The molecule has 8 heteroatoms. The summed E-state index contributed by atoms with van der Waals surface area (Å²) in [7, 11) is 0. The predicted molar refractivity (Wildman–Crippen MR) is 115 cm³/mol. The largest absolute Gasteiger partial charge is 0.353 e. The third-order valence-electron chi connectivity index (χ3n) is 5.19. The first-order valence-corrected chi connectivity index (χ1v) is 10.0. The Balaban J connectivity index is 1.58. The highest BCUT2D eigenvalue weighted by Crippen LogP contribution is 2.27. The van der Waals surface area contributed by atoms with E-state index in [9.17, 15) is 9.59 Å². The molecule has 0 unspecified atom stereocenters. The molecule has 0 atom stereocenters. The highest BCUT2D eigenvalue weighted by Gasteiger charge is 2.31. The number of hydrogen-bond acceptors (Lipinski definition) is 4. The van der Waals surface area contributed by atoms with Crippen molar-refractivity contribution in [3.05, 3.63) is 54.5 Å². The van der Waals surface area contributed by atoms with Crippen LogP contribution in [0.3, 0.4) is 0 Å². The van der Waals surface area contributed by atoms with E-state index in [0.29, 0.717) is 25.3 Å². The van der Waals surface area contributed by atoms with E-state index in [0.717, 1.165) is 16.6 Å². The molecule has 0 aliphatic carbocycles. The van der Waals surface area contributed by atoms with Crippen molar-refractivity contribution in [1.82, 2.24) is 24.7 Å². The summed E-state index contributed by atoms with van der Waals surface area (Å²) < 4.78 is 3.74. The predicted octanol–water partition coefficient (Wildman–Crippen LogP) is 2.51. The van der Waals surface area contributed by atoms with Crippen molar-refractivity contribution in [2.75, 3.05) is 13.1 Å². The lowest BCUT2D eigenvalue weighted by Crippen LogP contribution is -2.39. The summed E-state index contributed by atoms with van der Waals surface area (Å²) in [6.07, 6.45) is 3.53. The second kappa shape index (κ2) is 7.78. The number of hydrogen-bond donors (Lipinski definition) is 1. The fourth-order valence-electron chi connectivity index (χ4n) is 3.49. The van der Waals surface area contributed by atoms with Gasteiger partial charge in [-0.3, -0.25) is 14.3 Å². The Morgan fingerprint density at radius 3 is 2.73 bits per heavy atom. The molecule has 156 valence electrons. The lowest BCUT2D eigenvalue weighted by atomic mass is 9.90. The van der Waals surface area contributed by atoms with Crippen LogP contribution < -0.4 is 5.32 Å². The third kappa shape index (κ3) is 3.98. The maximum absolute atomic E-state index is 13.3. The summed E-state index contributed by atoms with van der Waals surface area (Å²) in [6, 6.07) is 11.6. The molecule has 30 heavy (non-hydrogen) atoms. The maximum atomic E-state index is 13.3. The minimum absolute atomic E-state index is 0.126. The van der Waals surface area contributed by atoms with Crippen molar-refractivity contribution in [2.45, 2.75) is 33.9 Å². The van der Waals surface area contributed by atoms with Gasteiger partial charge in [0, 0.05) is 35.3 Å². The second-order valence-corrected chi connectivity index (χ2v) is 8.45. The van der Waals surface area contributed by atoms with Crippen molar-refractivity contribution in [3.63, 3.8) is 0 Å². The van der Waals surface area contributed by atoms with Crippen LogP contribution in [0.2, 0.25) is 0 Å². The summed E-state index contributed by atoms with van der Waals surface area (Å²) in [5, 5.41) is 13.9. The van der Waals surface area contributed by atoms with Crippen molar-refractivity contribution in [2.24, 2.45) is 10.5 Å². The molecule has 1 aromatic carbocycles. The molecule has 3 aromatic rings. The highest BCUT2D eigenvalue weighted by atomic mass is 16.2. The van der Waals surface area contributed by atoms with Crippen LogP contribution in [0.1, 0.15) is 31.3 Å². The number of nitrogens with one attached hydrogen (secondary N) is 1. The summed E-state index contributed by atoms with van der Waals surface area (Å²) in [4.78, 5) is 25.8. The van der Waals surface area contributed by atoms with E-state index in [4.69, 9.17) is 0 Å². The molecule has 0 spiro atoms. The van der Waals surface area contributed by atoms with E-state index in [1.807, 2.05) is 47.2 Å². The zero-order valence-electron chi connectivity index (χ0n) is 17.5. The van der Waals surface area contributed by atoms with Gasteiger partial charge >= 0.3 is 0 Å². The quantitative estimate of drug-likeness (QED) is 0.707. The Bertz CT molecular complexity index is 1100. The van der Waals surface area contributed by atoms with Crippen LogP contribution in [0.4, 0.5) is 0 Å². The van der Waals surface area contributed by atoms with Gasteiger partial charge < -0.3 is 9.88 Å². The Morgan fingerprint density at radius 1 is 1.20 bits per heavy atom. The minimum Gasteiger partial charge on any atom is -0.353 e. The molecule has 0 bridgehead atoms. The first-order chi connectivity index (χ1) is 14.3. The fraction of sp³-hybridized carbons (Fsp3) is 0.364. The van der Waals surface area contributed by atoms with E-state index < -0.39 is 0 Å². The molecule has 0 saturated heterocycles. The van der Waals surface area contributed by atoms with Crippen LogP contribution in [0.5, 0.6) is 0 Å². The number of benzene rings is 1. The number of hydrazone groups is 1. The smallest absolute Gasteiger partial charge is 0.291 e. The number of nitrogens with zero attached hydrogens (tertiary/aromatic N) is 5. The molecule has 1 aliphatic rings. The summed E-state index contributed by atoms with van der Waals surface area (Å²) in [6.45, 7) is 7.57. The number of rotatable bonds is 5. The van der Waals surface area contributed by atoms with Gasteiger partial charge in [0.25, 0.3) is 5.91 Å². The van der Waals surface area contributed by atoms with Gasteiger partial charge in [-0.25, -0.2) is 5.01 Å². The molecule has 4 rings (SSSR count). The van der Waals surface area contributed by atoms with Crippen LogP contribution in [-0.4, -0.2) is 50.0 Å². The molecule has 1 aliphatic heterocycles. The number of fused-ring (bicyclic) bond motifs is 3. The number of para-hydroxylation sites is 1. The number of amides is 2. The normalized spacial score (nSPS) is 14.4. The van der Waals surface area contributed by atoms with Crippen LogP contribution in [0.25, 0.3) is 10.9 Å². The zero-order chi connectivity index (χ0) is 21.3. The first-order valence-electron chi connectivity index (χ1n) is 10.0. The second-order valence-electron chi connectivity index (χ2n) is 8.45. The van der Waals surface area contributed by atoms with Crippen LogP contribution in [0.15, 0.2) is 53.9 Å². The fourth-order valence-corrected chi connectivity index (χ4v) is 3.49. The molecule has 0 saturated carbocycles. The van der Waals surface area contributed by atoms with Gasteiger partial charge in [0.05, 0.1) is 18.8 Å². The van der Waals surface area contributed by atoms with Crippen molar-refractivity contribution < 1.29 is 9.59 Å².